The van der Waals surface area contributed by atoms with Crippen LogP contribution < -0.4 is 0 Å². The van der Waals surface area contributed by atoms with Gasteiger partial charge in [-0.05, 0) is 37.1 Å². The number of aromatic amines is 1. The second kappa shape index (κ2) is 5.65. The van der Waals surface area contributed by atoms with E-state index in [9.17, 15) is 4.79 Å². The van der Waals surface area contributed by atoms with E-state index in [1.54, 1.807) is 7.11 Å². The molecule has 122 valence electrons. The van der Waals surface area contributed by atoms with E-state index < -0.39 is 0 Å². The third-order valence-corrected chi connectivity index (χ3v) is 5.50. The molecule has 2 aliphatic heterocycles. The molecule has 2 aliphatic rings. The zero-order valence-electron chi connectivity index (χ0n) is 13.5. The number of benzene rings is 1. The molecule has 1 aromatic carbocycles. The molecule has 1 unspecified atom stereocenters. The minimum Gasteiger partial charge on any atom is -0.383 e. The predicted molar refractivity (Wildman–Crippen MR) is 89.6 cm³/mol. The first-order chi connectivity index (χ1) is 11.2. The topological polar surface area (TPSA) is 48.6 Å². The van der Waals surface area contributed by atoms with Crippen LogP contribution in [0.2, 0.25) is 0 Å². The Kier molecular flexibility index (Phi) is 3.62. The van der Waals surface area contributed by atoms with Gasteiger partial charge >= 0.3 is 0 Å². The smallest absolute Gasteiger partial charge is 0.253 e. The number of carbonyl (C=O) groups is 1. The van der Waals surface area contributed by atoms with E-state index in [1.807, 2.05) is 35.4 Å². The summed E-state index contributed by atoms with van der Waals surface area (Å²) in [7, 11) is 1.74. The Morgan fingerprint density at radius 1 is 1.30 bits per heavy atom. The molecule has 1 aromatic heterocycles. The number of hydrogen-bond acceptors (Lipinski definition) is 3. The van der Waals surface area contributed by atoms with Crippen LogP contribution in [-0.4, -0.2) is 66.1 Å². The number of nitrogens with zero attached hydrogens (tertiary/aromatic N) is 2. The van der Waals surface area contributed by atoms with Crippen LogP contribution >= 0.6 is 0 Å². The molecule has 2 fully saturated rings. The minimum absolute atomic E-state index is 0.156. The van der Waals surface area contributed by atoms with Crippen LogP contribution in [0.5, 0.6) is 0 Å². The molecule has 4 rings (SSSR count). The molecule has 0 radical (unpaired) electrons. The van der Waals surface area contributed by atoms with Crippen molar-refractivity contribution < 1.29 is 9.53 Å². The zero-order chi connectivity index (χ0) is 15.9. The van der Waals surface area contributed by atoms with Crippen LogP contribution in [0.15, 0.2) is 30.5 Å². The van der Waals surface area contributed by atoms with Gasteiger partial charge < -0.3 is 14.6 Å². The van der Waals surface area contributed by atoms with Gasteiger partial charge in [0.2, 0.25) is 0 Å². The number of ether oxygens (including phenoxy) is 1. The number of aromatic nitrogens is 1. The number of nitrogens with one attached hydrogen (secondary N) is 1. The molecular weight excluding hydrogens is 290 g/mol. The summed E-state index contributed by atoms with van der Waals surface area (Å²) in [6.45, 7) is 4.56. The lowest BCUT2D eigenvalue weighted by Crippen LogP contribution is -2.62. The predicted octanol–water partition coefficient (Wildman–Crippen LogP) is 2.10. The standard InChI is InChI=1S/C18H23N3O2/c1-23-11-10-21-9-6-18(21)5-8-20(13-18)17(22)15-2-3-16-14(12-15)4-7-19-16/h2-4,7,12,19H,5-6,8-11,13H2,1H3. The molecule has 1 atom stereocenters. The first-order valence-corrected chi connectivity index (χ1v) is 8.32. The highest BCUT2D eigenvalue weighted by atomic mass is 16.5. The van der Waals surface area contributed by atoms with Crippen LogP contribution in [0.3, 0.4) is 0 Å². The number of fused-ring (bicyclic) bond motifs is 1. The Bertz CT molecular complexity index is 726. The van der Waals surface area contributed by atoms with Gasteiger partial charge in [0.15, 0.2) is 0 Å². The van der Waals surface area contributed by atoms with E-state index in [1.165, 1.54) is 6.42 Å². The van der Waals surface area contributed by atoms with E-state index in [4.69, 9.17) is 4.74 Å². The molecule has 23 heavy (non-hydrogen) atoms. The average Bonchev–Trinajstić information content (AvgIpc) is 3.21. The van der Waals surface area contributed by atoms with Crippen molar-refractivity contribution in [2.45, 2.75) is 18.4 Å². The Labute approximate surface area is 136 Å². The SMILES string of the molecule is COCCN1CCC12CCN(C(=O)c1ccc3[nH]ccc3c1)C2. The molecule has 5 heteroatoms. The summed E-state index contributed by atoms with van der Waals surface area (Å²) in [6.07, 6.45) is 4.18. The molecule has 2 saturated heterocycles. The van der Waals surface area contributed by atoms with Crippen LogP contribution in [0.25, 0.3) is 10.9 Å². The van der Waals surface area contributed by atoms with Gasteiger partial charge in [-0.2, -0.15) is 0 Å². The summed E-state index contributed by atoms with van der Waals surface area (Å²) in [4.78, 5) is 20.5. The number of carbonyl (C=O) groups excluding carboxylic acids is 1. The Hall–Kier alpha value is -1.85. The quantitative estimate of drug-likeness (QED) is 0.940. The fourth-order valence-corrected chi connectivity index (χ4v) is 4.00. The van der Waals surface area contributed by atoms with E-state index in [0.717, 1.165) is 55.7 Å². The Balaban J connectivity index is 1.47. The van der Waals surface area contributed by atoms with Crippen molar-refractivity contribution in [3.63, 3.8) is 0 Å². The molecule has 1 amide bonds. The van der Waals surface area contributed by atoms with Crippen LogP contribution in [0.4, 0.5) is 0 Å². The monoisotopic (exact) mass is 313 g/mol. The maximum absolute atomic E-state index is 12.8. The highest BCUT2D eigenvalue weighted by Crippen LogP contribution is 2.39. The summed E-state index contributed by atoms with van der Waals surface area (Å²) in [5, 5.41) is 1.09. The molecule has 0 aliphatic carbocycles. The first kappa shape index (κ1) is 14.7. The van der Waals surface area contributed by atoms with Gasteiger partial charge in [-0.3, -0.25) is 9.69 Å². The molecule has 0 saturated carbocycles. The lowest BCUT2D eigenvalue weighted by molar-refractivity contribution is -0.0213. The maximum Gasteiger partial charge on any atom is 0.253 e. The highest BCUT2D eigenvalue weighted by Gasteiger charge is 2.49. The van der Waals surface area contributed by atoms with E-state index in [-0.39, 0.29) is 11.4 Å². The lowest BCUT2D eigenvalue weighted by Gasteiger charge is -2.50. The molecule has 0 bridgehead atoms. The lowest BCUT2D eigenvalue weighted by atomic mass is 9.84. The van der Waals surface area contributed by atoms with E-state index in [2.05, 4.69) is 9.88 Å². The normalized spacial score (nSPS) is 24.5. The van der Waals surface area contributed by atoms with Crippen LogP contribution in [0.1, 0.15) is 23.2 Å². The molecule has 1 spiro atoms. The fourth-order valence-electron chi connectivity index (χ4n) is 4.00. The number of methoxy groups -OCH3 is 1. The van der Waals surface area contributed by atoms with Crippen LogP contribution in [0, 0.1) is 0 Å². The zero-order valence-corrected chi connectivity index (χ0v) is 13.5. The van der Waals surface area contributed by atoms with E-state index >= 15 is 0 Å². The van der Waals surface area contributed by atoms with Gasteiger partial charge in [0.05, 0.1) is 6.61 Å². The number of rotatable bonds is 4. The van der Waals surface area contributed by atoms with Gasteiger partial charge in [0, 0.05) is 61.5 Å². The van der Waals surface area contributed by atoms with Gasteiger partial charge in [-0.1, -0.05) is 0 Å². The summed E-state index contributed by atoms with van der Waals surface area (Å²) < 4.78 is 5.20. The number of likely N-dealkylation sites (tertiary alicyclic amines) is 2. The Morgan fingerprint density at radius 2 is 2.17 bits per heavy atom. The number of amides is 1. The fraction of sp³-hybridized carbons (Fsp3) is 0.500. The Morgan fingerprint density at radius 3 is 2.96 bits per heavy atom. The first-order valence-electron chi connectivity index (χ1n) is 8.32. The van der Waals surface area contributed by atoms with Gasteiger partial charge in [-0.15, -0.1) is 0 Å². The molecule has 3 heterocycles. The van der Waals surface area contributed by atoms with Crippen molar-refractivity contribution in [2.24, 2.45) is 0 Å². The summed E-state index contributed by atoms with van der Waals surface area (Å²) in [5.41, 5.74) is 2.06. The van der Waals surface area contributed by atoms with Crippen molar-refractivity contribution in [2.75, 3.05) is 39.9 Å². The molecule has 5 nitrogen and oxygen atoms in total. The van der Waals surface area contributed by atoms with Crippen LogP contribution in [-0.2, 0) is 4.74 Å². The third kappa shape index (κ3) is 2.44. The van der Waals surface area contributed by atoms with Gasteiger partial charge in [0.1, 0.15) is 0 Å². The summed E-state index contributed by atoms with van der Waals surface area (Å²) >= 11 is 0. The van der Waals surface area contributed by atoms with Gasteiger partial charge in [0.25, 0.3) is 5.91 Å². The number of hydrogen-bond donors (Lipinski definition) is 1. The minimum atomic E-state index is 0.156. The van der Waals surface area contributed by atoms with Crippen molar-refractivity contribution in [1.82, 2.24) is 14.8 Å². The molecular formula is C18H23N3O2. The second-order valence-corrected chi connectivity index (χ2v) is 6.71. The number of H-pyrrole nitrogens is 1. The third-order valence-electron chi connectivity index (χ3n) is 5.50. The van der Waals surface area contributed by atoms with Crippen molar-refractivity contribution in [1.29, 1.82) is 0 Å². The highest BCUT2D eigenvalue weighted by molar-refractivity contribution is 5.98. The second-order valence-electron chi connectivity index (χ2n) is 6.71. The molecule has 1 N–H and O–H groups in total. The summed E-state index contributed by atoms with van der Waals surface area (Å²) in [6, 6.07) is 7.91. The maximum atomic E-state index is 12.8. The van der Waals surface area contributed by atoms with Crippen molar-refractivity contribution in [3.8, 4) is 0 Å². The van der Waals surface area contributed by atoms with Gasteiger partial charge in [-0.25, -0.2) is 0 Å². The van der Waals surface area contributed by atoms with E-state index in [0.29, 0.717) is 0 Å². The summed E-state index contributed by atoms with van der Waals surface area (Å²) in [5.74, 6) is 0.156. The average molecular weight is 313 g/mol. The molecule has 2 aromatic rings. The van der Waals surface area contributed by atoms with Crippen molar-refractivity contribution in [3.05, 3.63) is 36.0 Å². The largest absolute Gasteiger partial charge is 0.383 e. The van der Waals surface area contributed by atoms with Crippen molar-refractivity contribution >= 4 is 16.8 Å².